The van der Waals surface area contributed by atoms with E-state index in [-0.39, 0.29) is 12.1 Å². The zero-order valence-electron chi connectivity index (χ0n) is 14.1. The lowest BCUT2D eigenvalue weighted by Gasteiger charge is -2.38. The maximum atomic E-state index is 12.2. The van der Waals surface area contributed by atoms with Gasteiger partial charge in [0.15, 0.2) is 0 Å². The molecule has 1 amide bonds. The van der Waals surface area contributed by atoms with Crippen molar-refractivity contribution in [1.82, 2.24) is 10.2 Å². The molecule has 1 fully saturated rings. The van der Waals surface area contributed by atoms with Gasteiger partial charge in [0, 0.05) is 25.2 Å². The van der Waals surface area contributed by atoms with Gasteiger partial charge in [-0.3, -0.25) is 0 Å². The zero-order chi connectivity index (χ0) is 16.2. The van der Waals surface area contributed by atoms with Crippen molar-refractivity contribution in [2.75, 3.05) is 6.54 Å². The van der Waals surface area contributed by atoms with Crippen LogP contribution in [0.5, 0.6) is 0 Å². The highest BCUT2D eigenvalue weighted by atomic mass is 16.6. The summed E-state index contributed by atoms with van der Waals surface area (Å²) in [4.78, 5) is 14.0. The van der Waals surface area contributed by atoms with Crippen LogP contribution >= 0.6 is 0 Å². The normalized spacial score (nSPS) is 22.5. The van der Waals surface area contributed by atoms with E-state index in [1.807, 2.05) is 31.7 Å². The molecule has 1 saturated heterocycles. The van der Waals surface area contributed by atoms with Crippen molar-refractivity contribution in [3.63, 3.8) is 0 Å². The molecule has 1 aromatic rings. The van der Waals surface area contributed by atoms with E-state index in [0.29, 0.717) is 6.04 Å². The minimum absolute atomic E-state index is 0.193. The quantitative estimate of drug-likeness (QED) is 0.928. The number of nitrogens with one attached hydrogen (secondary N) is 1. The fourth-order valence-corrected chi connectivity index (χ4v) is 2.81. The fraction of sp³-hybridized carbons (Fsp3) is 0.611. The lowest BCUT2D eigenvalue weighted by molar-refractivity contribution is 0.00932. The van der Waals surface area contributed by atoms with Gasteiger partial charge in [-0.05, 0) is 46.1 Å². The molecule has 4 nitrogen and oxygen atoms in total. The van der Waals surface area contributed by atoms with Crippen LogP contribution in [0.15, 0.2) is 30.3 Å². The van der Waals surface area contributed by atoms with Gasteiger partial charge in [0.1, 0.15) is 5.60 Å². The number of carbonyl (C=O) groups excluding carboxylic acids is 1. The van der Waals surface area contributed by atoms with Crippen LogP contribution in [-0.4, -0.2) is 35.2 Å². The van der Waals surface area contributed by atoms with Crippen LogP contribution in [0.25, 0.3) is 0 Å². The Morgan fingerprint density at radius 2 is 2.00 bits per heavy atom. The third-order valence-electron chi connectivity index (χ3n) is 3.94. The van der Waals surface area contributed by atoms with Gasteiger partial charge in [0.05, 0.1) is 0 Å². The summed E-state index contributed by atoms with van der Waals surface area (Å²) in [5.41, 5.74) is 0.865. The molecule has 122 valence electrons. The first-order valence-corrected chi connectivity index (χ1v) is 8.12. The Morgan fingerprint density at radius 1 is 1.32 bits per heavy atom. The van der Waals surface area contributed by atoms with Crippen molar-refractivity contribution < 1.29 is 9.53 Å². The van der Waals surface area contributed by atoms with Gasteiger partial charge in [0.2, 0.25) is 0 Å². The van der Waals surface area contributed by atoms with Gasteiger partial charge in [0.25, 0.3) is 0 Å². The molecule has 1 heterocycles. The Morgan fingerprint density at radius 3 is 2.59 bits per heavy atom. The van der Waals surface area contributed by atoms with Crippen LogP contribution in [0.4, 0.5) is 4.79 Å². The van der Waals surface area contributed by atoms with Gasteiger partial charge >= 0.3 is 6.09 Å². The first kappa shape index (κ1) is 16.8. The van der Waals surface area contributed by atoms with Gasteiger partial charge in [-0.2, -0.15) is 0 Å². The van der Waals surface area contributed by atoms with Crippen LogP contribution in [-0.2, 0) is 11.3 Å². The third-order valence-corrected chi connectivity index (χ3v) is 3.94. The summed E-state index contributed by atoms with van der Waals surface area (Å²) in [5.74, 6) is 0. The van der Waals surface area contributed by atoms with E-state index < -0.39 is 5.60 Å². The molecule has 0 spiro atoms. The minimum atomic E-state index is -0.431. The molecule has 2 atom stereocenters. The van der Waals surface area contributed by atoms with Crippen LogP contribution in [0.3, 0.4) is 0 Å². The number of hydrogen-bond acceptors (Lipinski definition) is 3. The Kier molecular flexibility index (Phi) is 5.46. The highest BCUT2D eigenvalue weighted by Gasteiger charge is 2.31. The lowest BCUT2D eigenvalue weighted by Crippen LogP contribution is -2.50. The van der Waals surface area contributed by atoms with Crippen molar-refractivity contribution in [1.29, 1.82) is 0 Å². The highest BCUT2D eigenvalue weighted by Crippen LogP contribution is 2.20. The molecule has 2 rings (SSSR count). The van der Waals surface area contributed by atoms with Crippen LogP contribution < -0.4 is 5.32 Å². The second kappa shape index (κ2) is 7.14. The summed E-state index contributed by atoms with van der Waals surface area (Å²) < 4.78 is 5.48. The molecule has 1 aliphatic heterocycles. The Labute approximate surface area is 133 Å². The van der Waals surface area contributed by atoms with E-state index >= 15 is 0 Å². The number of ether oxygens (including phenoxy) is 1. The van der Waals surface area contributed by atoms with E-state index in [2.05, 4.69) is 36.5 Å². The fourth-order valence-electron chi connectivity index (χ4n) is 2.81. The number of rotatable bonds is 3. The minimum Gasteiger partial charge on any atom is -0.444 e. The van der Waals surface area contributed by atoms with E-state index in [4.69, 9.17) is 4.74 Å². The van der Waals surface area contributed by atoms with Gasteiger partial charge in [-0.15, -0.1) is 0 Å². The Balaban J connectivity index is 1.81. The first-order valence-electron chi connectivity index (χ1n) is 8.12. The van der Waals surface area contributed by atoms with Crippen LogP contribution in [0, 0.1) is 0 Å². The standard InChI is InChI=1S/C18H28N2O2/c1-14-12-16(19-13-15-8-6-5-7-9-15)10-11-20(14)17(21)22-18(2,3)4/h5-9,14,16,19H,10-13H2,1-4H3. The predicted molar refractivity (Wildman–Crippen MR) is 88.7 cm³/mol. The maximum absolute atomic E-state index is 12.2. The lowest BCUT2D eigenvalue weighted by atomic mass is 9.98. The highest BCUT2D eigenvalue weighted by molar-refractivity contribution is 5.68. The van der Waals surface area contributed by atoms with Crippen molar-refractivity contribution in [3.05, 3.63) is 35.9 Å². The Bertz CT molecular complexity index is 482. The summed E-state index contributed by atoms with van der Waals surface area (Å²) >= 11 is 0. The van der Waals surface area contributed by atoms with Crippen LogP contribution in [0.1, 0.15) is 46.1 Å². The molecule has 0 bridgehead atoms. The van der Waals surface area contributed by atoms with Crippen molar-refractivity contribution in [2.24, 2.45) is 0 Å². The molecular formula is C18H28N2O2. The largest absolute Gasteiger partial charge is 0.444 e. The topological polar surface area (TPSA) is 41.6 Å². The molecule has 1 aromatic carbocycles. The third kappa shape index (κ3) is 5.02. The number of benzene rings is 1. The molecule has 2 unspecified atom stereocenters. The maximum Gasteiger partial charge on any atom is 0.410 e. The molecule has 0 saturated carbocycles. The summed E-state index contributed by atoms with van der Waals surface area (Å²) in [5, 5.41) is 3.60. The number of amides is 1. The van der Waals surface area contributed by atoms with E-state index in [1.54, 1.807) is 0 Å². The van der Waals surface area contributed by atoms with Crippen molar-refractivity contribution >= 4 is 6.09 Å². The summed E-state index contributed by atoms with van der Waals surface area (Å²) in [6, 6.07) is 11.1. The van der Waals surface area contributed by atoms with E-state index in [0.717, 1.165) is 25.9 Å². The zero-order valence-corrected chi connectivity index (χ0v) is 14.1. The number of nitrogens with zero attached hydrogens (tertiary/aromatic N) is 1. The monoisotopic (exact) mass is 304 g/mol. The summed E-state index contributed by atoms with van der Waals surface area (Å²) in [6.07, 6.45) is 1.74. The molecule has 1 aliphatic rings. The number of hydrogen-bond donors (Lipinski definition) is 1. The number of piperidine rings is 1. The van der Waals surface area contributed by atoms with E-state index in [1.165, 1.54) is 5.56 Å². The molecule has 0 radical (unpaired) electrons. The Hall–Kier alpha value is -1.55. The van der Waals surface area contributed by atoms with Crippen LogP contribution in [0.2, 0.25) is 0 Å². The smallest absolute Gasteiger partial charge is 0.410 e. The second-order valence-corrected chi connectivity index (χ2v) is 7.11. The van der Waals surface area contributed by atoms with Gasteiger partial charge in [-0.1, -0.05) is 30.3 Å². The second-order valence-electron chi connectivity index (χ2n) is 7.11. The average molecular weight is 304 g/mol. The molecule has 4 heteroatoms. The molecule has 0 aliphatic carbocycles. The molecule has 1 N–H and O–H groups in total. The SMILES string of the molecule is CC1CC(NCc2ccccc2)CCN1C(=O)OC(C)(C)C. The first-order chi connectivity index (χ1) is 10.3. The summed E-state index contributed by atoms with van der Waals surface area (Å²) in [6.45, 7) is 9.45. The van der Waals surface area contributed by atoms with Gasteiger partial charge < -0.3 is 15.0 Å². The molecule has 22 heavy (non-hydrogen) atoms. The molecule has 0 aromatic heterocycles. The van der Waals surface area contributed by atoms with Gasteiger partial charge in [-0.25, -0.2) is 4.79 Å². The molecular weight excluding hydrogens is 276 g/mol. The number of carbonyl (C=O) groups is 1. The number of likely N-dealkylation sites (tertiary alicyclic amines) is 1. The predicted octanol–water partition coefficient (Wildman–Crippen LogP) is 3.56. The van der Waals surface area contributed by atoms with Crippen molar-refractivity contribution in [2.45, 2.75) is 64.8 Å². The summed E-state index contributed by atoms with van der Waals surface area (Å²) in [7, 11) is 0. The van der Waals surface area contributed by atoms with E-state index in [9.17, 15) is 4.79 Å². The average Bonchev–Trinajstić information content (AvgIpc) is 2.44. The van der Waals surface area contributed by atoms with Crippen molar-refractivity contribution in [3.8, 4) is 0 Å².